The highest BCUT2D eigenvalue weighted by Crippen LogP contribution is 2.35. The molecule has 0 amide bonds. The number of aliphatic hydroxyl groups is 1. The van der Waals surface area contributed by atoms with Crippen molar-refractivity contribution in [1.29, 1.82) is 0 Å². The van der Waals surface area contributed by atoms with Gasteiger partial charge in [0.15, 0.2) is 0 Å². The molecule has 6 nitrogen and oxygen atoms in total. The summed E-state index contributed by atoms with van der Waals surface area (Å²) in [4.78, 5) is 10.5. The summed E-state index contributed by atoms with van der Waals surface area (Å²) in [5, 5.41) is 23.6. The van der Waals surface area contributed by atoms with Crippen molar-refractivity contribution in [2.75, 3.05) is 13.1 Å². The first-order chi connectivity index (χ1) is 8.49. The van der Waals surface area contributed by atoms with E-state index in [1.54, 1.807) is 13.0 Å². The van der Waals surface area contributed by atoms with Crippen molar-refractivity contribution in [3.05, 3.63) is 32.3 Å². The Labute approximate surface area is 112 Å². The predicted octanol–water partition coefficient (Wildman–Crippen LogP) is 1.38. The second-order valence-corrected chi connectivity index (χ2v) is 5.13. The lowest BCUT2D eigenvalue weighted by Gasteiger charge is -2.17. The van der Waals surface area contributed by atoms with Gasteiger partial charge in [0.05, 0.1) is 4.92 Å². The van der Waals surface area contributed by atoms with Crippen LogP contribution < -0.4 is 10.1 Å². The third kappa shape index (κ3) is 2.63. The third-order valence-corrected chi connectivity index (χ3v) is 3.27. The second-order valence-electron chi connectivity index (χ2n) is 4.21. The smallest absolute Gasteiger partial charge is 0.312 e. The zero-order valence-corrected chi connectivity index (χ0v) is 11.3. The average molecular weight is 317 g/mol. The number of hydrogen-bond donors (Lipinski definition) is 2. The highest BCUT2D eigenvalue weighted by atomic mass is 79.9. The van der Waals surface area contributed by atoms with E-state index in [9.17, 15) is 15.2 Å². The van der Waals surface area contributed by atoms with Gasteiger partial charge in [-0.15, -0.1) is 0 Å². The molecule has 0 unspecified atom stereocenters. The summed E-state index contributed by atoms with van der Waals surface area (Å²) >= 11 is 3.22. The van der Waals surface area contributed by atoms with Crippen LogP contribution in [-0.4, -0.2) is 35.3 Å². The Bertz CT molecular complexity index is 480. The van der Waals surface area contributed by atoms with Gasteiger partial charge in [0.25, 0.3) is 0 Å². The van der Waals surface area contributed by atoms with E-state index in [0.717, 1.165) is 0 Å². The molecular formula is C11H13BrN2O4. The summed E-state index contributed by atoms with van der Waals surface area (Å²) in [7, 11) is 0. The van der Waals surface area contributed by atoms with Gasteiger partial charge in [-0.3, -0.25) is 10.1 Å². The number of aryl methyl sites for hydroxylation is 1. The van der Waals surface area contributed by atoms with Crippen molar-refractivity contribution in [2.24, 2.45) is 0 Å². The van der Waals surface area contributed by atoms with Gasteiger partial charge in [0.1, 0.15) is 12.2 Å². The lowest BCUT2D eigenvalue weighted by molar-refractivity contribution is -0.386. The van der Waals surface area contributed by atoms with E-state index in [-0.39, 0.29) is 11.4 Å². The number of β-amino-alcohol motifs (C(OH)–C–C–N with tert-alkyl or cyclic N) is 1. The molecule has 0 saturated carbocycles. The maximum absolute atomic E-state index is 11.0. The summed E-state index contributed by atoms with van der Waals surface area (Å²) < 4.78 is 6.22. The Balaban J connectivity index is 2.33. The molecule has 1 aliphatic rings. The highest BCUT2D eigenvalue weighted by molar-refractivity contribution is 9.10. The van der Waals surface area contributed by atoms with E-state index in [4.69, 9.17) is 4.74 Å². The number of hydrogen-bond acceptors (Lipinski definition) is 5. The van der Waals surface area contributed by atoms with Crippen LogP contribution in [0.3, 0.4) is 0 Å². The number of benzene rings is 1. The van der Waals surface area contributed by atoms with Crippen LogP contribution in [0, 0.1) is 17.0 Å². The number of nitrogens with zero attached hydrogens (tertiary/aromatic N) is 1. The maximum Gasteiger partial charge on any atom is 0.312 e. The molecule has 0 spiro atoms. The number of rotatable bonds is 3. The Morgan fingerprint density at radius 2 is 2.28 bits per heavy atom. The van der Waals surface area contributed by atoms with Crippen LogP contribution >= 0.6 is 15.9 Å². The second kappa shape index (κ2) is 5.21. The van der Waals surface area contributed by atoms with Crippen molar-refractivity contribution >= 4 is 21.6 Å². The molecule has 1 aromatic rings. The first kappa shape index (κ1) is 13.3. The minimum atomic E-state index is -0.646. The van der Waals surface area contributed by atoms with E-state index in [2.05, 4.69) is 21.2 Å². The minimum Gasteiger partial charge on any atom is -0.479 e. The molecule has 2 N–H and O–H groups in total. The number of nitro benzene ring substituents is 1. The van der Waals surface area contributed by atoms with E-state index < -0.39 is 17.1 Å². The van der Waals surface area contributed by atoms with Crippen LogP contribution in [0.25, 0.3) is 0 Å². The van der Waals surface area contributed by atoms with Crippen LogP contribution in [0.4, 0.5) is 5.69 Å². The fourth-order valence-electron chi connectivity index (χ4n) is 1.91. The van der Waals surface area contributed by atoms with Gasteiger partial charge in [0.2, 0.25) is 5.75 Å². The van der Waals surface area contributed by atoms with Gasteiger partial charge < -0.3 is 15.2 Å². The predicted molar refractivity (Wildman–Crippen MR) is 68.8 cm³/mol. The molecular weight excluding hydrogens is 304 g/mol. The van der Waals surface area contributed by atoms with E-state index in [0.29, 0.717) is 23.1 Å². The van der Waals surface area contributed by atoms with Gasteiger partial charge in [-0.2, -0.15) is 0 Å². The minimum absolute atomic E-state index is 0.0963. The molecule has 98 valence electrons. The standard InChI is InChI=1S/C11H13BrN2O4/c1-6-2-7(12)3-8(14(16)17)11(6)18-10-5-13-4-9(10)15/h2-3,9-10,13,15H,4-5H2,1H3/t9-,10-/m0/s1. The fourth-order valence-corrected chi connectivity index (χ4v) is 2.47. The van der Waals surface area contributed by atoms with Crippen molar-refractivity contribution < 1.29 is 14.8 Å². The number of nitrogens with one attached hydrogen (secondary N) is 1. The Morgan fingerprint density at radius 1 is 1.56 bits per heavy atom. The van der Waals surface area contributed by atoms with Crippen LogP contribution in [0.5, 0.6) is 5.75 Å². The summed E-state index contributed by atoms with van der Waals surface area (Å²) in [5.41, 5.74) is 0.566. The zero-order valence-electron chi connectivity index (χ0n) is 9.72. The lowest BCUT2D eigenvalue weighted by Crippen LogP contribution is -2.30. The van der Waals surface area contributed by atoms with Gasteiger partial charge >= 0.3 is 5.69 Å². The quantitative estimate of drug-likeness (QED) is 0.650. The van der Waals surface area contributed by atoms with E-state index in [1.165, 1.54) is 6.07 Å². The monoisotopic (exact) mass is 316 g/mol. The first-order valence-corrected chi connectivity index (χ1v) is 6.28. The SMILES string of the molecule is Cc1cc(Br)cc([N+](=O)[O-])c1O[C@H]1CNC[C@@H]1O. The fraction of sp³-hybridized carbons (Fsp3) is 0.455. The zero-order chi connectivity index (χ0) is 13.3. The van der Waals surface area contributed by atoms with Crippen molar-refractivity contribution in [3.8, 4) is 5.75 Å². The molecule has 1 saturated heterocycles. The molecule has 0 bridgehead atoms. The van der Waals surface area contributed by atoms with Crippen LogP contribution in [0.15, 0.2) is 16.6 Å². The molecule has 0 aliphatic carbocycles. The number of nitro groups is 1. The molecule has 1 aliphatic heterocycles. The molecule has 0 aromatic heterocycles. The molecule has 18 heavy (non-hydrogen) atoms. The van der Waals surface area contributed by atoms with Gasteiger partial charge in [0, 0.05) is 23.6 Å². The van der Waals surface area contributed by atoms with Gasteiger partial charge in [-0.25, -0.2) is 0 Å². The summed E-state index contributed by atoms with van der Waals surface area (Å²) in [5.74, 6) is 0.218. The van der Waals surface area contributed by atoms with Gasteiger partial charge in [-0.05, 0) is 18.6 Å². The Hall–Kier alpha value is -1.18. The van der Waals surface area contributed by atoms with Crippen LogP contribution in [-0.2, 0) is 0 Å². The summed E-state index contributed by atoms with van der Waals surface area (Å²) in [6.45, 7) is 2.66. The largest absolute Gasteiger partial charge is 0.479 e. The molecule has 1 aromatic carbocycles. The van der Waals surface area contributed by atoms with Crippen LogP contribution in [0.1, 0.15) is 5.56 Å². The molecule has 1 fully saturated rings. The summed E-state index contributed by atoms with van der Waals surface area (Å²) in [6.07, 6.45) is -1.10. The Kier molecular flexibility index (Phi) is 3.84. The normalized spacial score (nSPS) is 23.1. The number of aliphatic hydroxyl groups excluding tert-OH is 1. The molecule has 2 rings (SSSR count). The van der Waals surface area contributed by atoms with E-state index in [1.807, 2.05) is 0 Å². The van der Waals surface area contributed by atoms with Crippen molar-refractivity contribution in [3.63, 3.8) is 0 Å². The molecule has 0 radical (unpaired) electrons. The molecule has 1 heterocycles. The topological polar surface area (TPSA) is 84.6 Å². The van der Waals surface area contributed by atoms with Crippen molar-refractivity contribution in [2.45, 2.75) is 19.1 Å². The first-order valence-electron chi connectivity index (χ1n) is 5.49. The highest BCUT2D eigenvalue weighted by Gasteiger charge is 2.30. The number of halogens is 1. The lowest BCUT2D eigenvalue weighted by atomic mass is 10.2. The summed E-state index contributed by atoms with van der Waals surface area (Å²) in [6, 6.07) is 3.15. The third-order valence-electron chi connectivity index (χ3n) is 2.81. The van der Waals surface area contributed by atoms with Crippen LogP contribution in [0.2, 0.25) is 0 Å². The Morgan fingerprint density at radius 3 is 2.83 bits per heavy atom. The average Bonchev–Trinajstić information content (AvgIpc) is 2.67. The van der Waals surface area contributed by atoms with Gasteiger partial charge in [-0.1, -0.05) is 15.9 Å². The van der Waals surface area contributed by atoms with E-state index >= 15 is 0 Å². The maximum atomic E-state index is 11.0. The molecule has 2 atom stereocenters. The number of ether oxygens (including phenoxy) is 1. The van der Waals surface area contributed by atoms with Crippen molar-refractivity contribution in [1.82, 2.24) is 5.32 Å². The molecule has 7 heteroatoms.